The van der Waals surface area contributed by atoms with Crippen molar-refractivity contribution < 1.29 is 19.1 Å². The lowest BCUT2D eigenvalue weighted by atomic mass is 9.75. The number of benzene rings is 1. The summed E-state index contributed by atoms with van der Waals surface area (Å²) in [4.78, 5) is 34.5. The van der Waals surface area contributed by atoms with E-state index in [1.54, 1.807) is 12.3 Å². The maximum absolute atomic E-state index is 13.0. The van der Waals surface area contributed by atoms with Crippen LogP contribution in [0.25, 0.3) is 22.3 Å². The summed E-state index contributed by atoms with van der Waals surface area (Å²) >= 11 is 0. The van der Waals surface area contributed by atoms with Crippen LogP contribution in [-0.4, -0.2) is 34.6 Å². The van der Waals surface area contributed by atoms with Crippen LogP contribution in [0.1, 0.15) is 50.4 Å². The van der Waals surface area contributed by atoms with Crippen molar-refractivity contribution in [3.05, 3.63) is 60.3 Å². The number of hydrogen-bond acceptors (Lipinski definition) is 6. The zero-order valence-corrected chi connectivity index (χ0v) is 19.4. The van der Waals surface area contributed by atoms with E-state index >= 15 is 0 Å². The van der Waals surface area contributed by atoms with Gasteiger partial charge < -0.3 is 9.47 Å². The summed E-state index contributed by atoms with van der Waals surface area (Å²) in [6.45, 7) is 6.10. The highest BCUT2D eigenvalue weighted by Crippen LogP contribution is 2.35. The molecule has 1 aliphatic rings. The zero-order chi connectivity index (χ0) is 23.4. The number of rotatable bonds is 6. The summed E-state index contributed by atoms with van der Waals surface area (Å²) in [5.41, 5.74) is 2.23. The minimum absolute atomic E-state index is 0.127. The quantitative estimate of drug-likeness (QED) is 0.468. The van der Waals surface area contributed by atoms with E-state index in [-0.39, 0.29) is 6.10 Å². The average molecular weight is 447 g/mol. The molecule has 172 valence electrons. The Balaban J connectivity index is 1.49. The van der Waals surface area contributed by atoms with Crippen LogP contribution in [0.15, 0.2) is 54.7 Å². The third kappa shape index (κ3) is 5.38. The molecule has 6 nitrogen and oxygen atoms in total. The van der Waals surface area contributed by atoms with Crippen molar-refractivity contribution in [3.8, 4) is 11.4 Å². The van der Waals surface area contributed by atoms with Gasteiger partial charge in [0.1, 0.15) is 6.10 Å². The Kier molecular flexibility index (Phi) is 7.02. The second kappa shape index (κ2) is 10.1. The van der Waals surface area contributed by atoms with E-state index in [1.807, 2.05) is 42.5 Å². The van der Waals surface area contributed by atoms with Crippen molar-refractivity contribution in [1.82, 2.24) is 9.97 Å². The third-order valence-corrected chi connectivity index (χ3v) is 6.43. The average Bonchev–Trinajstić information content (AvgIpc) is 2.82. The molecule has 2 heterocycles. The maximum atomic E-state index is 13.0. The number of aromatic nitrogens is 2. The number of carbonyl (C=O) groups is 2. The molecule has 1 aliphatic carbocycles. The summed E-state index contributed by atoms with van der Waals surface area (Å²) in [7, 11) is 0. The number of nitrogens with zero attached hydrogens (tertiary/aromatic N) is 2. The molecule has 0 saturated heterocycles. The Morgan fingerprint density at radius 3 is 2.61 bits per heavy atom. The van der Waals surface area contributed by atoms with Crippen LogP contribution in [-0.2, 0) is 14.3 Å². The Morgan fingerprint density at radius 2 is 1.85 bits per heavy atom. The van der Waals surface area contributed by atoms with E-state index in [9.17, 15) is 9.59 Å². The second-order valence-electron chi connectivity index (χ2n) is 9.22. The van der Waals surface area contributed by atoms with Gasteiger partial charge in [-0.05, 0) is 54.9 Å². The molecule has 0 spiro atoms. The molecule has 6 heteroatoms. The van der Waals surface area contributed by atoms with Crippen molar-refractivity contribution in [3.63, 3.8) is 0 Å². The number of ether oxygens (including phenoxy) is 2. The van der Waals surface area contributed by atoms with E-state index in [4.69, 9.17) is 9.47 Å². The molecule has 0 radical (unpaired) electrons. The minimum atomic E-state index is -0.583. The van der Waals surface area contributed by atoms with Gasteiger partial charge in [0, 0.05) is 11.6 Å². The molecular weight excluding hydrogens is 416 g/mol. The molecule has 1 aromatic carbocycles. The Labute approximate surface area is 194 Å². The van der Waals surface area contributed by atoms with E-state index in [0.29, 0.717) is 45.6 Å². The first kappa shape index (κ1) is 22.9. The van der Waals surface area contributed by atoms with Gasteiger partial charge in [-0.2, -0.15) is 0 Å². The van der Waals surface area contributed by atoms with E-state index in [2.05, 4.69) is 30.7 Å². The molecule has 0 amide bonds. The summed E-state index contributed by atoms with van der Waals surface area (Å²) in [5.74, 6) is 0.210. The van der Waals surface area contributed by atoms with Gasteiger partial charge in [-0.1, -0.05) is 51.5 Å². The lowest BCUT2D eigenvalue weighted by Gasteiger charge is -2.36. The third-order valence-electron chi connectivity index (χ3n) is 6.43. The Bertz CT molecular complexity index is 1130. The van der Waals surface area contributed by atoms with Crippen LogP contribution in [0, 0.1) is 17.8 Å². The molecule has 0 bridgehead atoms. The number of pyridine rings is 2. The van der Waals surface area contributed by atoms with E-state index < -0.39 is 18.5 Å². The first-order valence-electron chi connectivity index (χ1n) is 11.6. The van der Waals surface area contributed by atoms with Gasteiger partial charge in [-0.25, -0.2) is 14.6 Å². The summed E-state index contributed by atoms with van der Waals surface area (Å²) in [6.07, 6.45) is 4.61. The summed E-state index contributed by atoms with van der Waals surface area (Å²) in [5, 5.41) is 0.663. The minimum Gasteiger partial charge on any atom is -0.460 e. The van der Waals surface area contributed by atoms with E-state index in [0.717, 1.165) is 19.3 Å². The molecule has 1 fully saturated rings. The van der Waals surface area contributed by atoms with Gasteiger partial charge >= 0.3 is 11.9 Å². The lowest BCUT2D eigenvalue weighted by molar-refractivity contribution is -0.159. The SMILES string of the molecule is CC1CCC(C(C)C)C(OC(=O)COC(=O)c2cc(-c3ccccn3)nc3ccccc23)C1. The predicted molar refractivity (Wildman–Crippen MR) is 126 cm³/mol. The zero-order valence-electron chi connectivity index (χ0n) is 19.4. The highest BCUT2D eigenvalue weighted by molar-refractivity contribution is 6.04. The predicted octanol–water partition coefficient (Wildman–Crippen LogP) is 5.46. The van der Waals surface area contributed by atoms with Crippen LogP contribution < -0.4 is 0 Å². The molecule has 2 aromatic heterocycles. The first-order chi connectivity index (χ1) is 15.9. The first-order valence-corrected chi connectivity index (χ1v) is 11.6. The highest BCUT2D eigenvalue weighted by atomic mass is 16.6. The lowest BCUT2D eigenvalue weighted by Crippen LogP contribution is -2.36. The largest absolute Gasteiger partial charge is 0.460 e. The molecule has 1 saturated carbocycles. The van der Waals surface area contributed by atoms with Crippen LogP contribution in [0.2, 0.25) is 0 Å². The normalized spacial score (nSPS) is 20.5. The monoisotopic (exact) mass is 446 g/mol. The molecule has 0 aliphatic heterocycles. The number of fused-ring (bicyclic) bond motifs is 1. The van der Waals surface area contributed by atoms with Crippen molar-refractivity contribution in [2.24, 2.45) is 17.8 Å². The van der Waals surface area contributed by atoms with E-state index in [1.165, 1.54) is 0 Å². The van der Waals surface area contributed by atoms with Crippen molar-refractivity contribution >= 4 is 22.8 Å². The van der Waals surface area contributed by atoms with Gasteiger partial charge in [0.2, 0.25) is 0 Å². The standard InChI is InChI=1S/C27H30N2O4/c1-17(2)19-12-11-18(3)14-25(19)33-26(30)16-32-27(31)21-15-24(23-10-6-7-13-28-23)29-22-9-5-4-8-20(21)22/h4-10,13,15,17-19,25H,11-12,14,16H2,1-3H3. The van der Waals surface area contributed by atoms with Crippen molar-refractivity contribution in [2.75, 3.05) is 6.61 Å². The van der Waals surface area contributed by atoms with Gasteiger partial charge in [0.15, 0.2) is 6.61 Å². The molecule has 33 heavy (non-hydrogen) atoms. The smallest absolute Gasteiger partial charge is 0.344 e. The molecular formula is C27H30N2O4. The summed E-state index contributed by atoms with van der Waals surface area (Å²) < 4.78 is 11.2. The van der Waals surface area contributed by atoms with Crippen LogP contribution >= 0.6 is 0 Å². The number of esters is 2. The number of para-hydroxylation sites is 1. The Morgan fingerprint density at radius 1 is 1.06 bits per heavy atom. The van der Waals surface area contributed by atoms with Gasteiger partial charge in [0.25, 0.3) is 0 Å². The topological polar surface area (TPSA) is 78.4 Å². The van der Waals surface area contributed by atoms with Gasteiger partial charge in [-0.3, -0.25) is 4.98 Å². The highest BCUT2D eigenvalue weighted by Gasteiger charge is 2.33. The fourth-order valence-corrected chi connectivity index (χ4v) is 4.65. The van der Waals surface area contributed by atoms with Crippen LogP contribution in [0.3, 0.4) is 0 Å². The van der Waals surface area contributed by atoms with Gasteiger partial charge in [0.05, 0.1) is 22.5 Å². The van der Waals surface area contributed by atoms with Crippen LogP contribution in [0.5, 0.6) is 0 Å². The van der Waals surface area contributed by atoms with Gasteiger partial charge in [-0.15, -0.1) is 0 Å². The molecule has 4 rings (SSSR count). The van der Waals surface area contributed by atoms with Crippen molar-refractivity contribution in [1.29, 1.82) is 0 Å². The Hall–Kier alpha value is -3.28. The number of carbonyl (C=O) groups excluding carboxylic acids is 2. The molecule has 3 atom stereocenters. The fourth-order valence-electron chi connectivity index (χ4n) is 4.65. The second-order valence-corrected chi connectivity index (χ2v) is 9.22. The van der Waals surface area contributed by atoms with Crippen LogP contribution in [0.4, 0.5) is 0 Å². The maximum Gasteiger partial charge on any atom is 0.344 e. The van der Waals surface area contributed by atoms with Crippen molar-refractivity contribution in [2.45, 2.75) is 46.1 Å². The molecule has 3 aromatic rings. The molecule has 0 N–H and O–H groups in total. The number of hydrogen-bond donors (Lipinski definition) is 0. The summed E-state index contributed by atoms with van der Waals surface area (Å²) in [6, 6.07) is 14.5. The molecule has 3 unspecified atom stereocenters. The fraction of sp³-hybridized carbons (Fsp3) is 0.407.